The maximum absolute atomic E-state index is 10.9. The van der Waals surface area contributed by atoms with Crippen LogP contribution >= 0.6 is 0 Å². The van der Waals surface area contributed by atoms with E-state index < -0.39 is 6.79 Å². The van der Waals surface area contributed by atoms with E-state index >= 15 is 0 Å². The number of carbonyl (C=O) groups excluding carboxylic acids is 1. The van der Waals surface area contributed by atoms with Crippen LogP contribution in [0, 0.1) is 0 Å². The summed E-state index contributed by atoms with van der Waals surface area (Å²) < 4.78 is 10.6. The Morgan fingerprint density at radius 1 is 1.14 bits per heavy atom. The summed E-state index contributed by atoms with van der Waals surface area (Å²) >= 11 is 0. The molecule has 0 unspecified atom stereocenters. The first-order valence-electron chi connectivity index (χ1n) is 7.36. The molecule has 4 heteroatoms. The van der Waals surface area contributed by atoms with E-state index in [1.165, 1.54) is 11.1 Å². The van der Waals surface area contributed by atoms with Crippen LogP contribution in [0.5, 0.6) is 11.5 Å². The zero-order chi connectivity index (χ0) is 15.4. The molecule has 0 atom stereocenters. The second-order valence-electron chi connectivity index (χ2n) is 5.30. The van der Waals surface area contributed by atoms with Gasteiger partial charge in [0.25, 0.3) is 0 Å². The molecule has 0 saturated carbocycles. The number of hydrogen-bond acceptors (Lipinski definition) is 4. The molecule has 4 nitrogen and oxygen atoms in total. The van der Waals surface area contributed by atoms with Crippen molar-refractivity contribution in [2.24, 2.45) is 0 Å². The van der Waals surface area contributed by atoms with Crippen LogP contribution in [0.3, 0.4) is 0 Å². The molecule has 0 saturated heterocycles. The number of carbonyl (C=O) groups is 1. The van der Waals surface area contributed by atoms with Crippen LogP contribution in [0.25, 0.3) is 0 Å². The van der Waals surface area contributed by atoms with Crippen LogP contribution in [0.2, 0.25) is 0 Å². The number of ether oxygens (including phenoxy) is 2. The quantitative estimate of drug-likeness (QED) is 0.658. The molecular weight excluding hydrogens is 280 g/mol. The lowest BCUT2D eigenvalue weighted by Gasteiger charge is -2.09. The van der Waals surface area contributed by atoms with Gasteiger partial charge in [0.15, 0.2) is 13.1 Å². The first-order chi connectivity index (χ1) is 10.8. The lowest BCUT2D eigenvalue weighted by molar-refractivity contribution is 0.0958. The van der Waals surface area contributed by atoms with Crippen molar-refractivity contribution in [2.75, 3.05) is 13.4 Å². The number of benzene rings is 2. The van der Waals surface area contributed by atoms with Gasteiger partial charge in [0, 0.05) is 6.42 Å². The molecule has 0 spiro atoms. The second kappa shape index (κ2) is 6.62. The van der Waals surface area contributed by atoms with Gasteiger partial charge < -0.3 is 14.6 Å². The number of fused-ring (bicyclic) bond motifs is 1. The van der Waals surface area contributed by atoms with Gasteiger partial charge in [0.2, 0.25) is 0 Å². The van der Waals surface area contributed by atoms with Gasteiger partial charge in [-0.15, -0.1) is 0 Å². The maximum Gasteiger partial charge on any atom is 0.186 e. The molecule has 0 aliphatic carbocycles. The van der Waals surface area contributed by atoms with Crippen molar-refractivity contribution in [3.8, 4) is 11.5 Å². The third-order valence-electron chi connectivity index (χ3n) is 3.88. The molecule has 1 heterocycles. The zero-order valence-corrected chi connectivity index (χ0v) is 12.2. The monoisotopic (exact) mass is 298 g/mol. The van der Waals surface area contributed by atoms with Crippen LogP contribution in [0.15, 0.2) is 36.4 Å². The van der Waals surface area contributed by atoms with E-state index in [2.05, 4.69) is 12.1 Å². The van der Waals surface area contributed by atoms with Crippen molar-refractivity contribution in [3.63, 3.8) is 0 Å². The fraction of sp³-hybridized carbons (Fsp3) is 0.278. The molecule has 0 bridgehead atoms. The molecule has 3 rings (SSSR count). The Morgan fingerprint density at radius 3 is 2.68 bits per heavy atom. The third-order valence-corrected chi connectivity index (χ3v) is 3.88. The van der Waals surface area contributed by atoms with Crippen LogP contribution < -0.4 is 9.47 Å². The van der Waals surface area contributed by atoms with E-state index in [9.17, 15) is 4.79 Å². The molecule has 1 aliphatic rings. The molecule has 1 N–H and O–H groups in total. The molecule has 0 radical (unpaired) electrons. The van der Waals surface area contributed by atoms with Crippen molar-refractivity contribution in [2.45, 2.75) is 19.3 Å². The van der Waals surface area contributed by atoms with Crippen LogP contribution in [-0.2, 0) is 19.3 Å². The average Bonchev–Trinajstić information content (AvgIpc) is 3.01. The molecule has 22 heavy (non-hydrogen) atoms. The summed E-state index contributed by atoms with van der Waals surface area (Å²) in [6, 6.07) is 11.8. The average molecular weight is 298 g/mol. The van der Waals surface area contributed by atoms with Crippen LogP contribution in [0.1, 0.15) is 27.0 Å². The highest BCUT2D eigenvalue weighted by Crippen LogP contribution is 2.26. The SMILES string of the molecule is O=Cc1ccc(CCc2ccc3c(c2)CCO3)cc1OCO. The Balaban J connectivity index is 1.70. The lowest BCUT2D eigenvalue weighted by Crippen LogP contribution is -2.00. The number of aryl methyl sites for hydroxylation is 2. The van der Waals surface area contributed by atoms with Crippen molar-refractivity contribution in [1.29, 1.82) is 0 Å². The van der Waals surface area contributed by atoms with Crippen LogP contribution in [0.4, 0.5) is 0 Å². The summed E-state index contributed by atoms with van der Waals surface area (Å²) in [7, 11) is 0. The highest BCUT2D eigenvalue weighted by atomic mass is 16.6. The fourth-order valence-corrected chi connectivity index (χ4v) is 2.71. The number of aliphatic hydroxyl groups excluding tert-OH is 1. The van der Waals surface area contributed by atoms with Gasteiger partial charge in [0.1, 0.15) is 11.5 Å². The molecule has 0 amide bonds. The second-order valence-corrected chi connectivity index (χ2v) is 5.30. The number of aliphatic hydroxyl groups is 1. The van der Waals surface area contributed by atoms with Gasteiger partial charge in [-0.3, -0.25) is 4.79 Å². The molecule has 2 aromatic rings. The minimum absolute atomic E-state index is 0.428. The summed E-state index contributed by atoms with van der Waals surface area (Å²) in [5.41, 5.74) is 4.07. The van der Waals surface area contributed by atoms with Gasteiger partial charge in [-0.05, 0) is 47.7 Å². The van der Waals surface area contributed by atoms with Crippen molar-refractivity contribution < 1.29 is 19.4 Å². The summed E-state index contributed by atoms with van der Waals surface area (Å²) in [5.74, 6) is 1.43. The topological polar surface area (TPSA) is 55.8 Å². The molecule has 0 aromatic heterocycles. The highest BCUT2D eigenvalue weighted by molar-refractivity contribution is 5.79. The smallest absolute Gasteiger partial charge is 0.186 e. The first kappa shape index (κ1) is 14.6. The molecule has 114 valence electrons. The fourth-order valence-electron chi connectivity index (χ4n) is 2.71. The minimum atomic E-state index is -0.435. The maximum atomic E-state index is 10.9. The van der Waals surface area contributed by atoms with E-state index in [0.29, 0.717) is 11.3 Å². The van der Waals surface area contributed by atoms with Crippen molar-refractivity contribution >= 4 is 6.29 Å². The first-order valence-corrected chi connectivity index (χ1v) is 7.36. The van der Waals surface area contributed by atoms with Gasteiger partial charge in [0.05, 0.1) is 12.2 Å². The third kappa shape index (κ3) is 3.12. The number of rotatable bonds is 6. The van der Waals surface area contributed by atoms with E-state index in [1.807, 2.05) is 18.2 Å². The van der Waals surface area contributed by atoms with E-state index in [-0.39, 0.29) is 0 Å². The van der Waals surface area contributed by atoms with E-state index in [1.54, 1.807) is 6.07 Å². The Kier molecular flexibility index (Phi) is 4.39. The summed E-state index contributed by atoms with van der Waals surface area (Å²) in [6.07, 6.45) is 3.47. The Morgan fingerprint density at radius 2 is 1.91 bits per heavy atom. The van der Waals surface area contributed by atoms with Gasteiger partial charge >= 0.3 is 0 Å². The van der Waals surface area contributed by atoms with Gasteiger partial charge in [-0.2, -0.15) is 0 Å². The predicted molar refractivity (Wildman–Crippen MR) is 82.6 cm³/mol. The normalized spacial score (nSPS) is 12.6. The highest BCUT2D eigenvalue weighted by Gasteiger charge is 2.12. The van der Waals surface area contributed by atoms with Crippen LogP contribution in [-0.4, -0.2) is 24.8 Å². The van der Waals surface area contributed by atoms with Crippen molar-refractivity contribution in [1.82, 2.24) is 0 Å². The Hall–Kier alpha value is -2.33. The summed E-state index contributed by atoms with van der Waals surface area (Å²) in [4.78, 5) is 10.9. The zero-order valence-electron chi connectivity index (χ0n) is 12.2. The standard InChI is InChI=1S/C18H18O4/c19-11-16-5-3-14(10-18(16)22-12-20)2-1-13-4-6-17-15(9-13)7-8-21-17/h3-6,9-11,20H,1-2,7-8,12H2. The Bertz CT molecular complexity index is 679. The lowest BCUT2D eigenvalue weighted by atomic mass is 10.0. The number of aldehydes is 1. The summed E-state index contributed by atoms with van der Waals surface area (Å²) in [5, 5.41) is 8.88. The molecule has 2 aromatic carbocycles. The van der Waals surface area contributed by atoms with Gasteiger partial charge in [-0.1, -0.05) is 18.2 Å². The molecule has 1 aliphatic heterocycles. The largest absolute Gasteiger partial charge is 0.493 e. The van der Waals surface area contributed by atoms with Crippen molar-refractivity contribution in [3.05, 3.63) is 58.7 Å². The number of hydrogen-bond donors (Lipinski definition) is 1. The Labute approximate surface area is 129 Å². The van der Waals surface area contributed by atoms with E-state index in [0.717, 1.165) is 43.5 Å². The predicted octanol–water partition coefficient (Wildman–Crippen LogP) is 2.55. The van der Waals surface area contributed by atoms with E-state index in [4.69, 9.17) is 14.6 Å². The molecular formula is C18H18O4. The van der Waals surface area contributed by atoms with Gasteiger partial charge in [-0.25, -0.2) is 0 Å². The molecule has 0 fully saturated rings. The minimum Gasteiger partial charge on any atom is -0.493 e. The summed E-state index contributed by atoms with van der Waals surface area (Å²) in [6.45, 7) is 0.336.